The van der Waals surface area contributed by atoms with E-state index in [1.807, 2.05) is 0 Å². The van der Waals surface area contributed by atoms with Crippen molar-refractivity contribution in [3.8, 4) is 11.8 Å². The second-order valence-electron chi connectivity index (χ2n) is 15.7. The normalized spacial score (nSPS) is 11.9. The number of allylic oxidation sites excluding steroid dienone is 2. The van der Waals surface area contributed by atoms with Crippen LogP contribution in [0.15, 0.2) is 64.6 Å². The van der Waals surface area contributed by atoms with Gasteiger partial charge in [0.05, 0.1) is 22.8 Å². The second-order valence-corrected chi connectivity index (χ2v) is 15.7. The van der Waals surface area contributed by atoms with Crippen LogP contribution in [-0.2, 0) is 39.7 Å². The van der Waals surface area contributed by atoms with Crippen LogP contribution in [0.4, 0.5) is 11.4 Å². The maximum atomic E-state index is 5.51. The molecule has 0 N–H and O–H groups in total. The minimum atomic E-state index is 0. The van der Waals surface area contributed by atoms with E-state index in [0.29, 0.717) is 0 Å². The number of nitrogens with zero attached hydrogens (tertiary/aromatic N) is 2. The molecule has 0 aliphatic heterocycles. The van der Waals surface area contributed by atoms with Crippen molar-refractivity contribution in [2.24, 2.45) is 9.98 Å². The Kier molecular flexibility index (Phi) is 33.3. The van der Waals surface area contributed by atoms with Gasteiger partial charge in [-0.1, -0.05) is 174 Å². The molecule has 0 saturated heterocycles. The molecule has 0 aliphatic carbocycles. The molecule has 2 rings (SSSR count). The summed E-state index contributed by atoms with van der Waals surface area (Å²) >= 11 is 0. The summed E-state index contributed by atoms with van der Waals surface area (Å²) in [5, 5.41) is 0. The van der Waals surface area contributed by atoms with E-state index in [1.165, 1.54) is 152 Å². The average molecular weight is 842 g/mol. The molecule has 3 heteroatoms. The minimum Gasteiger partial charge on any atom is -0.251 e. The first kappa shape index (κ1) is 50.8. The van der Waals surface area contributed by atoms with E-state index in [4.69, 9.17) is 9.98 Å². The number of aryl methyl sites for hydroxylation is 3. The molecule has 2 aromatic carbocycles. The van der Waals surface area contributed by atoms with Crippen LogP contribution in [-0.4, -0.2) is 11.4 Å². The molecule has 0 aromatic heterocycles. The van der Waals surface area contributed by atoms with Crippen LogP contribution < -0.4 is 0 Å². The Morgan fingerprint density at radius 3 is 1.69 bits per heavy atom. The third-order valence-electron chi connectivity index (χ3n) is 10.5. The molecule has 0 fully saturated rings. The Bertz CT molecular complexity index is 1350. The fraction of sp³-hybridized carbons (Fsp3) is 0.654. The molecule has 0 unspecified atom stereocenters. The van der Waals surface area contributed by atoms with E-state index >= 15 is 0 Å². The van der Waals surface area contributed by atoms with Crippen molar-refractivity contribution in [1.82, 2.24) is 0 Å². The monoisotopic (exact) mass is 841 g/mol. The smallest absolute Gasteiger partial charge is 0.0848 e. The van der Waals surface area contributed by atoms with Crippen LogP contribution in [0.3, 0.4) is 0 Å². The van der Waals surface area contributed by atoms with Gasteiger partial charge in [0.2, 0.25) is 0 Å². The molecule has 310 valence electrons. The van der Waals surface area contributed by atoms with Crippen molar-refractivity contribution in [2.45, 2.75) is 221 Å². The number of para-hydroxylation sites is 1. The Balaban J connectivity index is 0.0000151. The van der Waals surface area contributed by atoms with Crippen LogP contribution in [0.25, 0.3) is 0 Å². The Morgan fingerprint density at radius 1 is 0.527 bits per heavy atom. The van der Waals surface area contributed by atoms with Crippen LogP contribution in [0, 0.1) is 11.8 Å². The number of aliphatic imine (C=N–C) groups is 2. The number of unbranched alkanes of at least 4 members (excludes halogenated alkanes) is 19. The zero-order valence-electron chi connectivity index (χ0n) is 36.4. The maximum absolute atomic E-state index is 5.51. The molecule has 0 saturated carbocycles. The molecule has 0 bridgehead atoms. The van der Waals surface area contributed by atoms with Gasteiger partial charge in [-0.2, -0.15) is 0 Å². The molecule has 0 spiro atoms. The third-order valence-corrected chi connectivity index (χ3v) is 10.5. The molecular weight excluding hydrogens is 759 g/mol. The van der Waals surface area contributed by atoms with Gasteiger partial charge >= 0.3 is 0 Å². The number of hydrogen-bond acceptors (Lipinski definition) is 2. The van der Waals surface area contributed by atoms with Gasteiger partial charge in [-0.25, -0.2) is 4.99 Å². The molecule has 0 radical (unpaired) electrons. The molecule has 2 nitrogen and oxygen atoms in total. The molecule has 0 heterocycles. The van der Waals surface area contributed by atoms with Crippen molar-refractivity contribution >= 4 is 22.8 Å². The molecule has 2 aromatic rings. The second kappa shape index (κ2) is 36.1. The summed E-state index contributed by atoms with van der Waals surface area (Å²) in [6, 6.07) is 16.0. The first-order valence-corrected chi connectivity index (χ1v) is 23.1. The standard InChI is InChI=1S/C52H82N2.Pd/c1-6-11-16-18-20-22-24-25-27-32-38-48-39-34-35-40-50(48)54-52(41-31-15-10-5)51(42-33-28-26-23-21-19-17-12-7-2)53-49-44-46(36-29-13-8-3)43-47(45-49)37-30-14-9-4;/h33-35,39-40,42-45H,6-24,26,28-32,36-38,41H2,1-5H3;. The largest absolute Gasteiger partial charge is 0.251 e. The van der Waals surface area contributed by atoms with Crippen LogP contribution in [0.1, 0.15) is 218 Å². The Morgan fingerprint density at radius 2 is 1.05 bits per heavy atom. The van der Waals surface area contributed by atoms with Crippen molar-refractivity contribution in [3.05, 3.63) is 71.3 Å². The average Bonchev–Trinajstić information content (AvgIpc) is 3.18. The minimum absolute atomic E-state index is 0. The maximum Gasteiger partial charge on any atom is 0.0848 e. The summed E-state index contributed by atoms with van der Waals surface area (Å²) in [5.41, 5.74) is 8.54. The van der Waals surface area contributed by atoms with Gasteiger partial charge in [0, 0.05) is 33.3 Å². The summed E-state index contributed by atoms with van der Waals surface area (Å²) in [4.78, 5) is 11.0. The summed E-state index contributed by atoms with van der Waals surface area (Å²) in [5.74, 6) is 6.95. The van der Waals surface area contributed by atoms with Crippen LogP contribution >= 0.6 is 0 Å². The van der Waals surface area contributed by atoms with Crippen molar-refractivity contribution in [3.63, 3.8) is 0 Å². The van der Waals surface area contributed by atoms with Gasteiger partial charge in [-0.05, 0) is 105 Å². The van der Waals surface area contributed by atoms with E-state index in [1.54, 1.807) is 0 Å². The molecule has 0 aliphatic rings. The summed E-state index contributed by atoms with van der Waals surface area (Å²) < 4.78 is 0. The van der Waals surface area contributed by atoms with E-state index < -0.39 is 0 Å². The third kappa shape index (κ3) is 25.6. The van der Waals surface area contributed by atoms with Crippen molar-refractivity contribution in [2.75, 3.05) is 0 Å². The van der Waals surface area contributed by atoms with Gasteiger partial charge in [0.15, 0.2) is 0 Å². The molecule has 0 atom stereocenters. The van der Waals surface area contributed by atoms with E-state index in [-0.39, 0.29) is 20.4 Å². The molecule has 0 amide bonds. The fourth-order valence-electron chi connectivity index (χ4n) is 7.13. The SMILES string of the molecule is CCCCCCCCC#CCCc1ccccc1N=C(CCCCC)C(C=CCCCCCCCCC)=Nc1cc(CCCCC)cc(CCCCC)c1.[Pd]. The van der Waals surface area contributed by atoms with Crippen LogP contribution in [0.2, 0.25) is 0 Å². The van der Waals surface area contributed by atoms with Crippen molar-refractivity contribution in [1.29, 1.82) is 0 Å². The van der Waals surface area contributed by atoms with Crippen molar-refractivity contribution < 1.29 is 20.4 Å². The predicted molar refractivity (Wildman–Crippen MR) is 244 cm³/mol. The van der Waals surface area contributed by atoms with Gasteiger partial charge in [-0.15, -0.1) is 11.8 Å². The quantitative estimate of drug-likeness (QED) is 0.0303. The summed E-state index contributed by atoms with van der Waals surface area (Å²) in [6.07, 6.45) is 40.2. The zero-order chi connectivity index (χ0) is 38.7. The van der Waals surface area contributed by atoms with Gasteiger partial charge in [0.1, 0.15) is 0 Å². The molecule has 55 heavy (non-hydrogen) atoms. The first-order valence-electron chi connectivity index (χ1n) is 23.1. The number of benzene rings is 2. The zero-order valence-corrected chi connectivity index (χ0v) is 38.0. The van der Waals surface area contributed by atoms with Crippen LogP contribution in [0.5, 0.6) is 0 Å². The van der Waals surface area contributed by atoms with Gasteiger partial charge in [0.25, 0.3) is 0 Å². The van der Waals surface area contributed by atoms with E-state index in [9.17, 15) is 0 Å². The van der Waals surface area contributed by atoms with E-state index in [2.05, 4.69) is 101 Å². The first-order chi connectivity index (χ1) is 26.6. The fourth-order valence-corrected chi connectivity index (χ4v) is 7.13. The van der Waals surface area contributed by atoms with E-state index in [0.717, 1.165) is 74.2 Å². The Hall–Kier alpha value is -2.26. The predicted octanol–water partition coefficient (Wildman–Crippen LogP) is 17.0. The van der Waals surface area contributed by atoms with Gasteiger partial charge in [-0.3, -0.25) is 4.99 Å². The Labute approximate surface area is 355 Å². The van der Waals surface area contributed by atoms with Gasteiger partial charge < -0.3 is 0 Å². The summed E-state index contributed by atoms with van der Waals surface area (Å²) in [6.45, 7) is 11.5. The topological polar surface area (TPSA) is 24.7 Å². The summed E-state index contributed by atoms with van der Waals surface area (Å²) in [7, 11) is 0. The molecular formula is C52H82N2Pd. The number of rotatable bonds is 32. The number of hydrogen-bond donors (Lipinski definition) is 0.